The summed E-state index contributed by atoms with van der Waals surface area (Å²) in [5.41, 5.74) is 8.11. The van der Waals surface area contributed by atoms with Crippen molar-refractivity contribution in [3.63, 3.8) is 0 Å². The van der Waals surface area contributed by atoms with Crippen molar-refractivity contribution in [3.8, 4) is 22.8 Å². The van der Waals surface area contributed by atoms with Crippen LogP contribution in [0.25, 0.3) is 11.3 Å². The fraction of sp³-hybridized carbons (Fsp3) is 0.182. The van der Waals surface area contributed by atoms with Crippen LogP contribution in [0.2, 0.25) is 0 Å². The van der Waals surface area contributed by atoms with E-state index in [-0.39, 0.29) is 17.4 Å². The standard InChI is InChI=1S/C22H23N5O4/c1-24-22(29)19-20(23)25-12-18(27-19)14-5-4-6-15(9-14)21(28)26-11-13-7-16(30-2)10-17(8-13)31-3/h4-10,12H,11H2,1-3H3,(H2,23,25)(H,24,29)(H,26,28). The third-order valence-electron chi connectivity index (χ3n) is 4.53. The number of carbonyl (C=O) groups excluding carboxylic acids is 2. The average molecular weight is 421 g/mol. The van der Waals surface area contributed by atoms with Crippen molar-refractivity contribution in [1.82, 2.24) is 20.6 Å². The molecule has 0 saturated heterocycles. The quantitative estimate of drug-likeness (QED) is 0.532. The summed E-state index contributed by atoms with van der Waals surface area (Å²) in [6.07, 6.45) is 1.46. The highest BCUT2D eigenvalue weighted by Gasteiger charge is 2.14. The van der Waals surface area contributed by atoms with Gasteiger partial charge in [-0.3, -0.25) is 9.59 Å². The maximum atomic E-state index is 12.7. The van der Waals surface area contributed by atoms with Crippen molar-refractivity contribution < 1.29 is 19.1 Å². The van der Waals surface area contributed by atoms with E-state index in [1.807, 2.05) is 12.1 Å². The number of aromatic nitrogens is 2. The van der Waals surface area contributed by atoms with Gasteiger partial charge in [-0.15, -0.1) is 0 Å². The molecule has 0 aliphatic heterocycles. The first-order chi connectivity index (χ1) is 14.9. The number of nitrogens with two attached hydrogens (primary N) is 1. The smallest absolute Gasteiger partial charge is 0.273 e. The first-order valence-electron chi connectivity index (χ1n) is 9.40. The molecular formula is C22H23N5O4. The minimum absolute atomic E-state index is 0.0295. The van der Waals surface area contributed by atoms with E-state index in [0.717, 1.165) is 5.56 Å². The molecule has 2 amide bonds. The van der Waals surface area contributed by atoms with Crippen LogP contribution in [-0.2, 0) is 6.54 Å². The largest absolute Gasteiger partial charge is 0.497 e. The molecule has 9 heteroatoms. The number of ether oxygens (including phenoxy) is 2. The molecule has 2 aromatic carbocycles. The Morgan fingerprint density at radius 1 is 1.03 bits per heavy atom. The zero-order valence-corrected chi connectivity index (χ0v) is 17.4. The van der Waals surface area contributed by atoms with Crippen molar-refractivity contribution in [1.29, 1.82) is 0 Å². The highest BCUT2D eigenvalue weighted by molar-refractivity contribution is 5.97. The number of hydrogen-bond acceptors (Lipinski definition) is 7. The van der Waals surface area contributed by atoms with Gasteiger partial charge in [0.1, 0.15) is 11.5 Å². The molecule has 0 unspecified atom stereocenters. The van der Waals surface area contributed by atoms with Crippen molar-refractivity contribution in [2.24, 2.45) is 0 Å². The van der Waals surface area contributed by atoms with Crippen molar-refractivity contribution in [3.05, 3.63) is 65.5 Å². The second-order valence-corrected chi connectivity index (χ2v) is 6.55. The molecule has 0 bridgehead atoms. The third kappa shape index (κ3) is 5.08. The summed E-state index contributed by atoms with van der Waals surface area (Å²) < 4.78 is 10.5. The van der Waals surface area contributed by atoms with Gasteiger partial charge in [-0.25, -0.2) is 9.97 Å². The summed E-state index contributed by atoms with van der Waals surface area (Å²) in [5.74, 6) is 0.609. The molecule has 0 fully saturated rings. The van der Waals surface area contributed by atoms with Crippen LogP contribution < -0.4 is 25.8 Å². The van der Waals surface area contributed by atoms with Gasteiger partial charge in [0.05, 0.1) is 26.1 Å². The lowest BCUT2D eigenvalue weighted by Gasteiger charge is -2.10. The van der Waals surface area contributed by atoms with E-state index in [1.54, 1.807) is 44.6 Å². The Morgan fingerprint density at radius 2 is 1.74 bits per heavy atom. The summed E-state index contributed by atoms with van der Waals surface area (Å²) in [6.45, 7) is 0.291. The molecule has 1 heterocycles. The molecule has 0 aliphatic rings. The Bertz CT molecular complexity index is 1090. The lowest BCUT2D eigenvalue weighted by Crippen LogP contribution is -2.23. The van der Waals surface area contributed by atoms with Crippen LogP contribution in [0.1, 0.15) is 26.4 Å². The van der Waals surface area contributed by atoms with E-state index in [9.17, 15) is 9.59 Å². The van der Waals surface area contributed by atoms with Gasteiger partial charge in [-0.1, -0.05) is 12.1 Å². The lowest BCUT2D eigenvalue weighted by molar-refractivity contribution is 0.0945. The van der Waals surface area contributed by atoms with Crippen LogP contribution in [0, 0.1) is 0 Å². The Kier molecular flexibility index (Phi) is 6.66. The van der Waals surface area contributed by atoms with Gasteiger partial charge in [-0.2, -0.15) is 0 Å². The lowest BCUT2D eigenvalue weighted by atomic mass is 10.1. The Balaban J connectivity index is 1.79. The minimum atomic E-state index is -0.436. The molecule has 0 radical (unpaired) electrons. The molecule has 160 valence electrons. The molecule has 0 spiro atoms. The molecule has 0 atom stereocenters. The predicted molar refractivity (Wildman–Crippen MR) is 116 cm³/mol. The van der Waals surface area contributed by atoms with Crippen LogP contribution in [0.3, 0.4) is 0 Å². The fourth-order valence-electron chi connectivity index (χ4n) is 2.90. The zero-order chi connectivity index (χ0) is 22.4. The van der Waals surface area contributed by atoms with Crippen LogP contribution >= 0.6 is 0 Å². The van der Waals surface area contributed by atoms with Gasteiger partial charge in [0, 0.05) is 30.8 Å². The molecular weight excluding hydrogens is 398 g/mol. The third-order valence-corrected chi connectivity index (χ3v) is 4.53. The summed E-state index contributed by atoms with van der Waals surface area (Å²) >= 11 is 0. The van der Waals surface area contributed by atoms with Gasteiger partial charge in [-0.05, 0) is 29.8 Å². The molecule has 1 aromatic heterocycles. The summed E-state index contributed by atoms with van der Waals surface area (Å²) in [4.78, 5) is 32.9. The molecule has 9 nitrogen and oxygen atoms in total. The number of rotatable bonds is 7. The van der Waals surface area contributed by atoms with Gasteiger partial charge in [0.15, 0.2) is 11.5 Å². The van der Waals surface area contributed by atoms with E-state index < -0.39 is 5.91 Å². The number of nitrogen functional groups attached to an aromatic ring is 1. The van der Waals surface area contributed by atoms with E-state index in [1.165, 1.54) is 13.2 Å². The van der Waals surface area contributed by atoms with Gasteiger partial charge >= 0.3 is 0 Å². The van der Waals surface area contributed by atoms with Crippen molar-refractivity contribution >= 4 is 17.6 Å². The zero-order valence-electron chi connectivity index (χ0n) is 17.4. The second kappa shape index (κ2) is 9.57. The second-order valence-electron chi connectivity index (χ2n) is 6.55. The topological polar surface area (TPSA) is 128 Å². The van der Waals surface area contributed by atoms with Crippen LogP contribution in [0.5, 0.6) is 11.5 Å². The van der Waals surface area contributed by atoms with E-state index in [4.69, 9.17) is 15.2 Å². The average Bonchev–Trinajstić information content (AvgIpc) is 2.82. The normalized spacial score (nSPS) is 10.3. The molecule has 31 heavy (non-hydrogen) atoms. The first kappa shape index (κ1) is 21.6. The van der Waals surface area contributed by atoms with E-state index in [0.29, 0.717) is 34.9 Å². The number of nitrogens with zero attached hydrogens (tertiary/aromatic N) is 2. The minimum Gasteiger partial charge on any atom is -0.497 e. The molecule has 0 saturated carbocycles. The number of amides is 2. The summed E-state index contributed by atoms with van der Waals surface area (Å²) in [6, 6.07) is 12.3. The van der Waals surface area contributed by atoms with Crippen LogP contribution in [-0.4, -0.2) is 43.0 Å². The van der Waals surface area contributed by atoms with Crippen molar-refractivity contribution in [2.45, 2.75) is 6.54 Å². The molecule has 0 aliphatic carbocycles. The van der Waals surface area contributed by atoms with Gasteiger partial charge in [0.25, 0.3) is 11.8 Å². The van der Waals surface area contributed by atoms with Crippen LogP contribution in [0.4, 0.5) is 5.82 Å². The highest BCUT2D eigenvalue weighted by atomic mass is 16.5. The van der Waals surface area contributed by atoms with Crippen LogP contribution in [0.15, 0.2) is 48.7 Å². The fourth-order valence-corrected chi connectivity index (χ4v) is 2.90. The maximum absolute atomic E-state index is 12.7. The molecule has 4 N–H and O–H groups in total. The molecule has 3 rings (SSSR count). The number of carbonyl (C=O) groups is 2. The number of benzene rings is 2. The Labute approximate surface area is 179 Å². The number of anilines is 1. The summed E-state index contributed by atoms with van der Waals surface area (Å²) in [5, 5.41) is 5.35. The maximum Gasteiger partial charge on any atom is 0.273 e. The molecule has 3 aromatic rings. The number of methoxy groups -OCH3 is 2. The monoisotopic (exact) mass is 421 g/mol. The Hall–Kier alpha value is -4.14. The van der Waals surface area contributed by atoms with E-state index in [2.05, 4.69) is 20.6 Å². The van der Waals surface area contributed by atoms with Crippen molar-refractivity contribution in [2.75, 3.05) is 27.0 Å². The summed E-state index contributed by atoms with van der Waals surface area (Å²) in [7, 11) is 4.62. The van der Waals surface area contributed by atoms with Gasteiger partial charge < -0.3 is 25.8 Å². The Morgan fingerprint density at radius 3 is 2.39 bits per heavy atom. The van der Waals surface area contributed by atoms with Gasteiger partial charge in [0.2, 0.25) is 0 Å². The van der Waals surface area contributed by atoms with E-state index >= 15 is 0 Å². The SMILES string of the molecule is CNC(=O)c1nc(-c2cccc(C(=O)NCc3cc(OC)cc(OC)c3)c2)cnc1N. The highest BCUT2D eigenvalue weighted by Crippen LogP contribution is 2.23. The number of hydrogen-bond donors (Lipinski definition) is 3. The predicted octanol–water partition coefficient (Wildman–Crippen LogP) is 2.03. The first-order valence-corrected chi connectivity index (χ1v) is 9.40. The number of nitrogens with one attached hydrogen (secondary N) is 2.